The second kappa shape index (κ2) is 6.98. The lowest BCUT2D eigenvalue weighted by molar-refractivity contribution is -0.122. The van der Waals surface area contributed by atoms with Crippen molar-refractivity contribution in [3.05, 3.63) is 52.1 Å². The van der Waals surface area contributed by atoms with E-state index in [9.17, 15) is 9.59 Å². The van der Waals surface area contributed by atoms with Crippen LogP contribution in [0.5, 0.6) is 11.5 Å². The van der Waals surface area contributed by atoms with Crippen LogP contribution in [0.25, 0.3) is 10.2 Å². The topological polar surface area (TPSA) is 69.6 Å². The maximum absolute atomic E-state index is 12.4. The molecule has 1 N–H and O–H groups in total. The van der Waals surface area contributed by atoms with Crippen LogP contribution in [-0.4, -0.2) is 23.7 Å². The number of nitrogens with zero attached hydrogens (tertiary/aromatic N) is 1. The standard InChI is InChI=1S/C18H18N2O4S/c1-11(24-15-7-5-4-6-14(15)23-3)17(21)19-12-8-9-13-16(10-12)25-18(22)20(13)2/h4-11H,1-3H3,(H,19,21). The molecule has 0 radical (unpaired) electrons. The maximum atomic E-state index is 12.4. The predicted molar refractivity (Wildman–Crippen MR) is 98.8 cm³/mol. The summed E-state index contributed by atoms with van der Waals surface area (Å²) in [6, 6.07) is 12.5. The van der Waals surface area contributed by atoms with Gasteiger partial charge in [-0.3, -0.25) is 9.59 Å². The number of nitrogens with one attached hydrogen (secondary N) is 1. The molecule has 1 amide bonds. The summed E-state index contributed by atoms with van der Waals surface area (Å²) in [7, 11) is 3.27. The summed E-state index contributed by atoms with van der Waals surface area (Å²) in [6.07, 6.45) is -0.707. The number of hydrogen-bond donors (Lipinski definition) is 1. The van der Waals surface area contributed by atoms with Gasteiger partial charge in [-0.25, -0.2) is 0 Å². The number of aryl methyl sites for hydroxylation is 1. The van der Waals surface area contributed by atoms with E-state index in [4.69, 9.17) is 9.47 Å². The molecular weight excluding hydrogens is 340 g/mol. The van der Waals surface area contributed by atoms with Crippen LogP contribution >= 0.6 is 11.3 Å². The van der Waals surface area contributed by atoms with E-state index in [0.29, 0.717) is 17.2 Å². The quantitative estimate of drug-likeness (QED) is 0.761. The Labute approximate surface area is 148 Å². The first kappa shape index (κ1) is 17.0. The minimum absolute atomic E-state index is 0.0358. The Hall–Kier alpha value is -2.80. The molecule has 0 aliphatic carbocycles. The number of anilines is 1. The van der Waals surface area contributed by atoms with Gasteiger partial charge < -0.3 is 19.4 Å². The number of rotatable bonds is 5. The summed E-state index contributed by atoms with van der Waals surface area (Å²) >= 11 is 1.14. The van der Waals surface area contributed by atoms with Crippen molar-refractivity contribution in [1.82, 2.24) is 4.57 Å². The first-order valence-corrected chi connectivity index (χ1v) is 8.51. The number of carbonyl (C=O) groups excluding carboxylic acids is 1. The smallest absolute Gasteiger partial charge is 0.307 e. The number of para-hydroxylation sites is 2. The molecular formula is C18H18N2O4S. The second-order valence-electron chi connectivity index (χ2n) is 5.51. The van der Waals surface area contributed by atoms with Crippen molar-refractivity contribution in [2.24, 2.45) is 7.05 Å². The molecule has 0 fully saturated rings. The van der Waals surface area contributed by atoms with Crippen LogP contribution in [0, 0.1) is 0 Å². The number of methoxy groups -OCH3 is 1. The fraction of sp³-hybridized carbons (Fsp3) is 0.222. The van der Waals surface area contributed by atoms with Crippen LogP contribution in [0.4, 0.5) is 5.69 Å². The van der Waals surface area contributed by atoms with Crippen LogP contribution in [0.3, 0.4) is 0 Å². The molecule has 130 valence electrons. The minimum Gasteiger partial charge on any atom is -0.493 e. The van der Waals surface area contributed by atoms with Crippen molar-refractivity contribution in [2.75, 3.05) is 12.4 Å². The van der Waals surface area contributed by atoms with Gasteiger partial charge in [0.15, 0.2) is 17.6 Å². The summed E-state index contributed by atoms with van der Waals surface area (Å²) in [5, 5.41) is 2.81. The number of ether oxygens (including phenoxy) is 2. The molecule has 6 nitrogen and oxygen atoms in total. The van der Waals surface area contributed by atoms with Gasteiger partial charge in [0.05, 0.1) is 17.3 Å². The van der Waals surface area contributed by atoms with Gasteiger partial charge in [0.25, 0.3) is 5.91 Å². The number of amides is 1. The third-order valence-electron chi connectivity index (χ3n) is 3.80. The van der Waals surface area contributed by atoms with Gasteiger partial charge in [0.2, 0.25) is 0 Å². The largest absolute Gasteiger partial charge is 0.493 e. The molecule has 3 rings (SSSR count). The third-order valence-corrected chi connectivity index (χ3v) is 4.80. The minimum atomic E-state index is -0.707. The van der Waals surface area contributed by atoms with Gasteiger partial charge in [-0.1, -0.05) is 23.5 Å². The van der Waals surface area contributed by atoms with Gasteiger partial charge >= 0.3 is 4.87 Å². The van der Waals surface area contributed by atoms with Crippen molar-refractivity contribution in [1.29, 1.82) is 0 Å². The number of carbonyl (C=O) groups is 1. The summed E-state index contributed by atoms with van der Waals surface area (Å²) in [4.78, 5) is 24.1. The average Bonchev–Trinajstić information content (AvgIpc) is 2.89. The fourth-order valence-corrected chi connectivity index (χ4v) is 3.33. The Bertz CT molecular complexity index is 977. The molecule has 2 aromatic carbocycles. The SMILES string of the molecule is COc1ccccc1OC(C)C(=O)Nc1ccc2c(c1)sc(=O)n2C. The highest BCUT2D eigenvalue weighted by Gasteiger charge is 2.17. The zero-order chi connectivity index (χ0) is 18.0. The predicted octanol–water partition coefficient (Wildman–Crippen LogP) is 3.01. The molecule has 1 unspecified atom stereocenters. The van der Waals surface area contributed by atoms with Gasteiger partial charge in [-0.15, -0.1) is 0 Å². The van der Waals surface area contributed by atoms with Crippen LogP contribution in [-0.2, 0) is 11.8 Å². The number of benzene rings is 2. The number of hydrogen-bond acceptors (Lipinski definition) is 5. The Kier molecular flexibility index (Phi) is 4.76. The van der Waals surface area contributed by atoms with Gasteiger partial charge in [0, 0.05) is 12.7 Å². The Morgan fingerprint density at radius 2 is 1.92 bits per heavy atom. The molecule has 0 bridgehead atoms. The summed E-state index contributed by atoms with van der Waals surface area (Å²) < 4.78 is 13.3. The molecule has 7 heteroatoms. The Balaban J connectivity index is 1.74. The molecule has 3 aromatic rings. The lowest BCUT2D eigenvalue weighted by Gasteiger charge is -2.16. The summed E-state index contributed by atoms with van der Waals surface area (Å²) in [5.41, 5.74) is 1.46. The van der Waals surface area contributed by atoms with Crippen LogP contribution in [0.2, 0.25) is 0 Å². The van der Waals surface area contributed by atoms with Gasteiger partial charge in [0.1, 0.15) is 0 Å². The molecule has 0 aliphatic heterocycles. The average molecular weight is 358 g/mol. The Morgan fingerprint density at radius 3 is 2.64 bits per heavy atom. The van der Waals surface area contributed by atoms with E-state index >= 15 is 0 Å². The Morgan fingerprint density at radius 1 is 1.20 bits per heavy atom. The van der Waals surface area contributed by atoms with Crippen molar-refractivity contribution in [3.63, 3.8) is 0 Å². The van der Waals surface area contributed by atoms with Crippen LogP contribution in [0.1, 0.15) is 6.92 Å². The fourth-order valence-electron chi connectivity index (χ4n) is 2.42. The molecule has 0 saturated heterocycles. The van der Waals surface area contributed by atoms with E-state index in [1.807, 2.05) is 18.2 Å². The molecule has 0 saturated carbocycles. The molecule has 1 heterocycles. The first-order chi connectivity index (χ1) is 12.0. The molecule has 0 aliphatic rings. The summed E-state index contributed by atoms with van der Waals surface area (Å²) in [5.74, 6) is 0.788. The normalized spacial score (nSPS) is 12.0. The molecule has 25 heavy (non-hydrogen) atoms. The highest BCUT2D eigenvalue weighted by molar-refractivity contribution is 7.16. The maximum Gasteiger partial charge on any atom is 0.307 e. The van der Waals surface area contributed by atoms with E-state index in [2.05, 4.69) is 5.32 Å². The number of aromatic nitrogens is 1. The summed E-state index contributed by atoms with van der Waals surface area (Å²) in [6.45, 7) is 1.67. The van der Waals surface area contributed by atoms with E-state index < -0.39 is 6.10 Å². The zero-order valence-corrected chi connectivity index (χ0v) is 14.9. The van der Waals surface area contributed by atoms with E-state index in [0.717, 1.165) is 21.6 Å². The molecule has 1 atom stereocenters. The highest BCUT2D eigenvalue weighted by Crippen LogP contribution is 2.27. The van der Waals surface area contributed by atoms with Crippen LogP contribution < -0.4 is 19.7 Å². The van der Waals surface area contributed by atoms with Crippen molar-refractivity contribution < 1.29 is 14.3 Å². The van der Waals surface area contributed by atoms with E-state index in [-0.39, 0.29) is 10.8 Å². The van der Waals surface area contributed by atoms with Crippen molar-refractivity contribution >= 4 is 33.1 Å². The third kappa shape index (κ3) is 3.51. The monoisotopic (exact) mass is 358 g/mol. The highest BCUT2D eigenvalue weighted by atomic mass is 32.1. The molecule has 1 aromatic heterocycles. The van der Waals surface area contributed by atoms with Crippen molar-refractivity contribution in [3.8, 4) is 11.5 Å². The van der Waals surface area contributed by atoms with Crippen molar-refractivity contribution in [2.45, 2.75) is 13.0 Å². The number of thiazole rings is 1. The lowest BCUT2D eigenvalue weighted by Crippen LogP contribution is -2.30. The van der Waals surface area contributed by atoms with E-state index in [1.165, 1.54) is 0 Å². The first-order valence-electron chi connectivity index (χ1n) is 7.69. The number of fused-ring (bicyclic) bond motifs is 1. The van der Waals surface area contributed by atoms with Crippen LogP contribution in [0.15, 0.2) is 47.3 Å². The van der Waals surface area contributed by atoms with Gasteiger partial charge in [-0.2, -0.15) is 0 Å². The van der Waals surface area contributed by atoms with E-state index in [1.54, 1.807) is 49.9 Å². The van der Waals surface area contributed by atoms with Gasteiger partial charge in [-0.05, 0) is 37.3 Å². The lowest BCUT2D eigenvalue weighted by atomic mass is 10.2. The molecule has 0 spiro atoms. The zero-order valence-electron chi connectivity index (χ0n) is 14.1. The second-order valence-corrected chi connectivity index (χ2v) is 6.50.